The van der Waals surface area contributed by atoms with Gasteiger partial charge in [-0.1, -0.05) is 0 Å². The van der Waals surface area contributed by atoms with Crippen molar-refractivity contribution in [2.24, 2.45) is 0 Å². The van der Waals surface area contributed by atoms with Gasteiger partial charge in [0.2, 0.25) is 0 Å². The van der Waals surface area contributed by atoms with Crippen molar-refractivity contribution in [3.05, 3.63) is 23.0 Å². The average molecular weight is 282 g/mol. The lowest BCUT2D eigenvalue weighted by atomic mass is 10.1. The molecule has 1 aromatic rings. The van der Waals surface area contributed by atoms with Gasteiger partial charge in [0.1, 0.15) is 0 Å². The van der Waals surface area contributed by atoms with Gasteiger partial charge in [0.15, 0.2) is 5.78 Å². The van der Waals surface area contributed by atoms with Crippen LogP contribution in [0.2, 0.25) is 0 Å². The van der Waals surface area contributed by atoms with E-state index in [-0.39, 0.29) is 5.78 Å². The second-order valence-corrected chi connectivity index (χ2v) is 6.77. The second kappa shape index (κ2) is 6.01. The van der Waals surface area contributed by atoms with E-state index in [0.717, 1.165) is 36.6 Å². The summed E-state index contributed by atoms with van der Waals surface area (Å²) in [7, 11) is -0.683. The minimum absolute atomic E-state index is 0.181. The quantitative estimate of drug-likeness (QED) is 0.783. The molecular weight excluding hydrogens is 260 g/mol. The number of rotatable bonds is 4. The highest BCUT2D eigenvalue weighted by molar-refractivity contribution is 7.85. The summed E-state index contributed by atoms with van der Waals surface area (Å²) in [4.78, 5) is 14.5. The van der Waals surface area contributed by atoms with Crippen LogP contribution >= 0.6 is 0 Å². The first kappa shape index (κ1) is 14.5. The van der Waals surface area contributed by atoms with Crippen molar-refractivity contribution in [3.8, 4) is 0 Å². The Kier molecular flexibility index (Phi) is 4.58. The normalized spacial score (nSPS) is 17.8. The Labute approximate surface area is 117 Å². The molecule has 106 valence electrons. The average Bonchev–Trinajstić information content (AvgIpc) is 2.67. The zero-order chi connectivity index (χ0) is 14.0. The van der Waals surface area contributed by atoms with Crippen LogP contribution in [0.4, 0.5) is 0 Å². The molecular formula is C14H22N2O2S. The third kappa shape index (κ3) is 3.15. The highest BCUT2D eigenvalue weighted by atomic mass is 32.2. The van der Waals surface area contributed by atoms with Crippen molar-refractivity contribution >= 4 is 16.6 Å². The zero-order valence-corrected chi connectivity index (χ0v) is 12.8. The van der Waals surface area contributed by atoms with E-state index in [1.165, 1.54) is 0 Å². The molecule has 0 spiro atoms. The summed E-state index contributed by atoms with van der Waals surface area (Å²) in [6.07, 6.45) is 0. The number of carbonyl (C=O) groups is 1. The van der Waals surface area contributed by atoms with Crippen molar-refractivity contribution in [3.63, 3.8) is 0 Å². The summed E-state index contributed by atoms with van der Waals surface area (Å²) in [6.45, 7) is 9.02. The predicted molar refractivity (Wildman–Crippen MR) is 78.2 cm³/mol. The number of Topliss-reactive ketones (excluding diaryl/α,β-unsaturated/α-hetero) is 1. The van der Waals surface area contributed by atoms with Gasteiger partial charge in [0.05, 0.1) is 6.54 Å². The molecule has 0 aromatic carbocycles. The third-order valence-electron chi connectivity index (χ3n) is 3.83. The molecule has 19 heavy (non-hydrogen) atoms. The summed E-state index contributed by atoms with van der Waals surface area (Å²) in [6, 6.07) is 1.99. The van der Waals surface area contributed by atoms with Crippen LogP contribution in [0.25, 0.3) is 0 Å². The highest BCUT2D eigenvalue weighted by Crippen LogP contribution is 2.16. The molecule has 1 aliphatic rings. The summed E-state index contributed by atoms with van der Waals surface area (Å²) < 4.78 is 13.5. The van der Waals surface area contributed by atoms with Crippen LogP contribution in [0.1, 0.15) is 28.7 Å². The Morgan fingerprint density at radius 3 is 2.47 bits per heavy atom. The molecule has 0 amide bonds. The van der Waals surface area contributed by atoms with Crippen LogP contribution < -0.4 is 0 Å². The van der Waals surface area contributed by atoms with E-state index in [1.54, 1.807) is 0 Å². The molecule has 1 aromatic heterocycles. The molecule has 0 atom stereocenters. The summed E-state index contributed by atoms with van der Waals surface area (Å²) >= 11 is 0. The molecule has 0 unspecified atom stereocenters. The molecule has 0 N–H and O–H groups in total. The zero-order valence-electron chi connectivity index (χ0n) is 11.9. The molecule has 1 aliphatic heterocycles. The SMILES string of the molecule is CCn1c(C)cc(C(=O)CN2CCS(=O)CC2)c1C. The van der Waals surface area contributed by atoms with Crippen LogP contribution in [-0.4, -0.2) is 50.6 Å². The van der Waals surface area contributed by atoms with Crippen molar-refractivity contribution in [1.29, 1.82) is 0 Å². The number of hydrogen-bond donors (Lipinski definition) is 0. The number of ketones is 1. The number of hydrogen-bond acceptors (Lipinski definition) is 3. The van der Waals surface area contributed by atoms with Gasteiger partial charge in [0.25, 0.3) is 0 Å². The topological polar surface area (TPSA) is 42.3 Å². The lowest BCUT2D eigenvalue weighted by Crippen LogP contribution is -2.40. The molecule has 2 rings (SSSR count). The Morgan fingerprint density at radius 2 is 1.95 bits per heavy atom. The molecule has 4 nitrogen and oxygen atoms in total. The van der Waals surface area contributed by atoms with Crippen molar-refractivity contribution in [1.82, 2.24) is 9.47 Å². The van der Waals surface area contributed by atoms with Gasteiger partial charge in [-0.05, 0) is 26.8 Å². The molecule has 0 radical (unpaired) electrons. The van der Waals surface area contributed by atoms with E-state index in [0.29, 0.717) is 18.1 Å². The first-order valence-electron chi connectivity index (χ1n) is 6.80. The molecule has 1 fully saturated rings. The lowest BCUT2D eigenvalue weighted by Gasteiger charge is -2.25. The van der Waals surface area contributed by atoms with Gasteiger partial charge in [-0.3, -0.25) is 13.9 Å². The number of aromatic nitrogens is 1. The van der Waals surface area contributed by atoms with E-state index in [1.807, 2.05) is 19.9 Å². The maximum Gasteiger partial charge on any atom is 0.178 e. The van der Waals surface area contributed by atoms with Crippen LogP contribution in [-0.2, 0) is 17.3 Å². The molecule has 0 aliphatic carbocycles. The standard InChI is InChI=1S/C14H22N2O2S/c1-4-16-11(2)9-13(12(16)3)14(17)10-15-5-7-19(18)8-6-15/h9H,4-8,10H2,1-3H3. The fourth-order valence-electron chi connectivity index (χ4n) is 2.69. The highest BCUT2D eigenvalue weighted by Gasteiger charge is 2.21. The van der Waals surface area contributed by atoms with Crippen molar-refractivity contribution < 1.29 is 9.00 Å². The second-order valence-electron chi connectivity index (χ2n) is 5.08. The Balaban J connectivity index is 2.06. The van der Waals surface area contributed by atoms with Crippen LogP contribution in [0.3, 0.4) is 0 Å². The van der Waals surface area contributed by atoms with Crippen molar-refractivity contribution in [2.75, 3.05) is 31.1 Å². The van der Waals surface area contributed by atoms with Gasteiger partial charge < -0.3 is 4.57 Å². The number of carbonyl (C=O) groups excluding carboxylic acids is 1. The molecule has 0 saturated carbocycles. The van der Waals surface area contributed by atoms with E-state index >= 15 is 0 Å². The summed E-state index contributed by atoms with van der Waals surface area (Å²) in [5.74, 6) is 1.57. The smallest absolute Gasteiger partial charge is 0.178 e. The first-order valence-corrected chi connectivity index (χ1v) is 8.29. The molecule has 2 heterocycles. The molecule has 1 saturated heterocycles. The fraction of sp³-hybridized carbons (Fsp3) is 0.643. The monoisotopic (exact) mass is 282 g/mol. The van der Waals surface area contributed by atoms with Gasteiger partial charge in [-0.25, -0.2) is 0 Å². The van der Waals surface area contributed by atoms with Gasteiger partial charge in [0, 0.05) is 58.9 Å². The fourth-order valence-corrected chi connectivity index (χ4v) is 3.82. The van der Waals surface area contributed by atoms with E-state index in [9.17, 15) is 9.00 Å². The van der Waals surface area contributed by atoms with Crippen LogP contribution in [0.5, 0.6) is 0 Å². The third-order valence-corrected chi connectivity index (χ3v) is 5.10. The number of nitrogens with zero attached hydrogens (tertiary/aromatic N) is 2. The largest absolute Gasteiger partial charge is 0.349 e. The van der Waals surface area contributed by atoms with Gasteiger partial charge in [-0.2, -0.15) is 0 Å². The molecule has 0 bridgehead atoms. The first-order chi connectivity index (χ1) is 9.02. The minimum atomic E-state index is -0.683. The summed E-state index contributed by atoms with van der Waals surface area (Å²) in [5.41, 5.74) is 3.04. The minimum Gasteiger partial charge on any atom is -0.349 e. The van der Waals surface area contributed by atoms with Crippen LogP contribution in [0.15, 0.2) is 6.07 Å². The van der Waals surface area contributed by atoms with E-state index in [4.69, 9.17) is 0 Å². The van der Waals surface area contributed by atoms with Crippen LogP contribution in [0, 0.1) is 13.8 Å². The molecule has 5 heteroatoms. The summed E-state index contributed by atoms with van der Waals surface area (Å²) in [5, 5.41) is 0. The van der Waals surface area contributed by atoms with E-state index < -0.39 is 10.8 Å². The maximum absolute atomic E-state index is 12.4. The predicted octanol–water partition coefficient (Wildman–Crippen LogP) is 1.37. The Morgan fingerprint density at radius 1 is 1.32 bits per heavy atom. The van der Waals surface area contributed by atoms with Gasteiger partial charge >= 0.3 is 0 Å². The number of aryl methyl sites for hydroxylation is 1. The maximum atomic E-state index is 12.4. The van der Waals surface area contributed by atoms with Gasteiger partial charge in [-0.15, -0.1) is 0 Å². The Hall–Kier alpha value is -0.940. The lowest BCUT2D eigenvalue weighted by molar-refractivity contribution is 0.0936. The Bertz CT molecular complexity index is 498. The van der Waals surface area contributed by atoms with Crippen molar-refractivity contribution in [2.45, 2.75) is 27.3 Å². The van der Waals surface area contributed by atoms with E-state index in [2.05, 4.69) is 16.4 Å².